The molecule has 1 rings (SSSR count). The average Bonchev–Trinajstić information content (AvgIpc) is 2.54. The number of hydrogen-bond donors (Lipinski definition) is 0. The van der Waals surface area contributed by atoms with Crippen molar-refractivity contribution in [3.8, 4) is 0 Å². The molecule has 5 atom stereocenters. The molecule has 1 aliphatic heterocycles. The van der Waals surface area contributed by atoms with Gasteiger partial charge in [0.05, 0.1) is 6.10 Å². The molecule has 1 aliphatic rings. The van der Waals surface area contributed by atoms with Crippen LogP contribution in [0.3, 0.4) is 0 Å². The van der Waals surface area contributed by atoms with E-state index in [0.29, 0.717) is 18.2 Å². The molecule has 0 spiro atoms. The van der Waals surface area contributed by atoms with E-state index in [1.54, 1.807) is 0 Å². The van der Waals surface area contributed by atoms with Gasteiger partial charge in [-0.1, -0.05) is 15.9 Å². The highest BCUT2D eigenvalue weighted by molar-refractivity contribution is 9.09. The van der Waals surface area contributed by atoms with Crippen LogP contribution in [0.5, 0.6) is 0 Å². The molecule has 0 aromatic heterocycles. The van der Waals surface area contributed by atoms with Crippen molar-refractivity contribution in [2.75, 3.05) is 11.9 Å². The van der Waals surface area contributed by atoms with Gasteiger partial charge >= 0.3 is 23.9 Å². The molecule has 1 saturated heterocycles. The Labute approximate surface area is 166 Å². The highest BCUT2D eigenvalue weighted by Gasteiger charge is 2.51. The Bertz CT molecular complexity index is 551. The first-order chi connectivity index (χ1) is 12.6. The fourth-order valence-corrected chi connectivity index (χ4v) is 3.15. The van der Waals surface area contributed by atoms with Gasteiger partial charge in [0.1, 0.15) is 12.7 Å². The number of carbonyl (C=O) groups is 4. The van der Waals surface area contributed by atoms with Crippen LogP contribution in [0.2, 0.25) is 0 Å². The summed E-state index contributed by atoms with van der Waals surface area (Å²) in [6.07, 6.45) is -3.51. The van der Waals surface area contributed by atoms with Gasteiger partial charge in [-0.2, -0.15) is 0 Å². The second-order valence-electron chi connectivity index (χ2n) is 6.07. The van der Waals surface area contributed by atoms with Crippen LogP contribution in [-0.4, -0.2) is 66.3 Å². The fourth-order valence-electron chi connectivity index (χ4n) is 2.83. The number of alkyl halides is 1. The molecule has 0 aromatic carbocycles. The number of rotatable bonds is 8. The first-order valence-corrected chi connectivity index (χ1v) is 9.64. The largest absolute Gasteiger partial charge is 0.463 e. The molecule has 9 nitrogen and oxygen atoms in total. The smallest absolute Gasteiger partial charge is 0.303 e. The summed E-state index contributed by atoms with van der Waals surface area (Å²) in [4.78, 5) is 46.0. The Kier molecular flexibility index (Phi) is 9.71. The lowest BCUT2D eigenvalue weighted by Crippen LogP contribution is -2.62. The maximum atomic E-state index is 11.6. The van der Waals surface area contributed by atoms with E-state index < -0.39 is 54.4 Å². The zero-order valence-electron chi connectivity index (χ0n) is 15.8. The number of carbonyl (C=O) groups excluding carboxylic acids is 4. The zero-order chi connectivity index (χ0) is 20.6. The highest BCUT2D eigenvalue weighted by atomic mass is 79.9. The number of ether oxygens (including phenoxy) is 5. The van der Waals surface area contributed by atoms with Crippen LogP contribution >= 0.6 is 15.9 Å². The minimum atomic E-state index is -1.10. The summed E-state index contributed by atoms with van der Waals surface area (Å²) in [6.45, 7) is 4.63. The molecule has 1 fully saturated rings. The van der Waals surface area contributed by atoms with Crippen LogP contribution < -0.4 is 0 Å². The second kappa shape index (κ2) is 11.2. The van der Waals surface area contributed by atoms with E-state index in [4.69, 9.17) is 23.7 Å². The van der Waals surface area contributed by atoms with E-state index in [9.17, 15) is 19.2 Å². The topological polar surface area (TPSA) is 114 Å². The maximum Gasteiger partial charge on any atom is 0.303 e. The van der Waals surface area contributed by atoms with Gasteiger partial charge in [0.25, 0.3) is 0 Å². The standard InChI is InChI=1S/C17H25BrO9/c1-9(19)23-8-14-16(25-11(3)21)17(26-12(4)22)15(24-10(2)20)13(27-14)6-5-7-18/h13-17H,5-8H2,1-4H3/t13-,14-,15+,16-,17-/m1/s1. The summed E-state index contributed by atoms with van der Waals surface area (Å²) in [5.74, 6) is -2.41. The van der Waals surface area contributed by atoms with E-state index in [1.165, 1.54) is 27.7 Å². The third-order valence-electron chi connectivity index (χ3n) is 3.71. The van der Waals surface area contributed by atoms with Crippen molar-refractivity contribution < 1.29 is 42.9 Å². The van der Waals surface area contributed by atoms with Gasteiger partial charge in [-0.05, 0) is 12.8 Å². The molecule has 1 heterocycles. The van der Waals surface area contributed by atoms with Gasteiger partial charge in [-0.25, -0.2) is 0 Å². The number of halogens is 1. The Balaban J connectivity index is 3.22. The van der Waals surface area contributed by atoms with Crippen molar-refractivity contribution >= 4 is 39.8 Å². The minimum absolute atomic E-state index is 0.206. The zero-order valence-corrected chi connectivity index (χ0v) is 17.4. The highest BCUT2D eigenvalue weighted by Crippen LogP contribution is 2.31. The molecule has 27 heavy (non-hydrogen) atoms. The summed E-state index contributed by atoms with van der Waals surface area (Å²) in [7, 11) is 0. The molecule has 0 radical (unpaired) electrons. The Morgan fingerprint density at radius 3 is 1.70 bits per heavy atom. The van der Waals surface area contributed by atoms with Crippen molar-refractivity contribution in [3.05, 3.63) is 0 Å². The summed E-state index contributed by atoms with van der Waals surface area (Å²) in [5.41, 5.74) is 0. The van der Waals surface area contributed by atoms with Crippen molar-refractivity contribution in [3.63, 3.8) is 0 Å². The molecular formula is C17H25BrO9. The molecule has 0 aliphatic carbocycles. The molecule has 0 aromatic rings. The Morgan fingerprint density at radius 1 is 0.778 bits per heavy atom. The molecule has 0 unspecified atom stereocenters. The fraction of sp³-hybridized carbons (Fsp3) is 0.765. The van der Waals surface area contributed by atoms with Crippen molar-refractivity contribution in [2.45, 2.75) is 71.1 Å². The molecule has 0 saturated carbocycles. The maximum absolute atomic E-state index is 11.6. The van der Waals surface area contributed by atoms with Crippen LogP contribution in [-0.2, 0) is 42.9 Å². The van der Waals surface area contributed by atoms with E-state index in [-0.39, 0.29) is 6.61 Å². The van der Waals surface area contributed by atoms with Crippen molar-refractivity contribution in [1.29, 1.82) is 0 Å². The summed E-state index contributed by atoms with van der Waals surface area (Å²) in [6, 6.07) is 0. The predicted molar refractivity (Wildman–Crippen MR) is 95.0 cm³/mol. The summed E-state index contributed by atoms with van der Waals surface area (Å²) < 4.78 is 26.9. The monoisotopic (exact) mass is 452 g/mol. The van der Waals surface area contributed by atoms with Crippen LogP contribution in [0.25, 0.3) is 0 Å². The Hall–Kier alpha value is -1.68. The van der Waals surface area contributed by atoms with Crippen LogP contribution in [0, 0.1) is 0 Å². The van der Waals surface area contributed by atoms with E-state index in [0.717, 1.165) is 0 Å². The first-order valence-electron chi connectivity index (χ1n) is 8.52. The molecular weight excluding hydrogens is 428 g/mol. The third kappa shape index (κ3) is 7.84. The van der Waals surface area contributed by atoms with Gasteiger partial charge in [-0.3, -0.25) is 19.2 Å². The van der Waals surface area contributed by atoms with Gasteiger partial charge in [0, 0.05) is 33.0 Å². The van der Waals surface area contributed by atoms with Crippen molar-refractivity contribution in [1.82, 2.24) is 0 Å². The SMILES string of the molecule is CC(=O)OC[C@H]1O[C@H](CCCBr)[C@H](OC(C)=O)[C@@H](OC(C)=O)[C@@H]1OC(C)=O. The first kappa shape index (κ1) is 23.4. The van der Waals surface area contributed by atoms with Gasteiger partial charge in [0.2, 0.25) is 0 Å². The molecule has 154 valence electrons. The molecule has 0 amide bonds. The lowest BCUT2D eigenvalue weighted by molar-refractivity contribution is -0.253. The number of hydrogen-bond acceptors (Lipinski definition) is 9. The van der Waals surface area contributed by atoms with Gasteiger partial charge < -0.3 is 23.7 Å². The van der Waals surface area contributed by atoms with Gasteiger partial charge in [-0.15, -0.1) is 0 Å². The van der Waals surface area contributed by atoms with Crippen LogP contribution in [0.1, 0.15) is 40.5 Å². The normalized spacial score (nSPS) is 27.4. The Morgan fingerprint density at radius 2 is 1.26 bits per heavy atom. The number of esters is 4. The summed E-state index contributed by atoms with van der Waals surface area (Å²) >= 11 is 3.32. The van der Waals surface area contributed by atoms with Crippen molar-refractivity contribution in [2.24, 2.45) is 0 Å². The molecule has 0 bridgehead atoms. The van der Waals surface area contributed by atoms with E-state index >= 15 is 0 Å². The third-order valence-corrected chi connectivity index (χ3v) is 4.27. The lowest BCUT2D eigenvalue weighted by atomic mass is 9.92. The van der Waals surface area contributed by atoms with E-state index in [2.05, 4.69) is 15.9 Å². The lowest BCUT2D eigenvalue weighted by Gasteiger charge is -2.44. The second-order valence-corrected chi connectivity index (χ2v) is 6.86. The van der Waals surface area contributed by atoms with E-state index in [1.807, 2.05) is 0 Å². The van der Waals surface area contributed by atoms with Crippen LogP contribution in [0.15, 0.2) is 0 Å². The predicted octanol–water partition coefficient (Wildman–Crippen LogP) is 1.29. The minimum Gasteiger partial charge on any atom is -0.463 e. The quantitative estimate of drug-likeness (QED) is 0.305. The average molecular weight is 453 g/mol. The summed E-state index contributed by atoms with van der Waals surface area (Å²) in [5, 5.41) is 0.680. The molecule has 0 N–H and O–H groups in total. The van der Waals surface area contributed by atoms with Crippen LogP contribution in [0.4, 0.5) is 0 Å². The molecule has 10 heteroatoms. The van der Waals surface area contributed by atoms with Gasteiger partial charge in [0.15, 0.2) is 18.3 Å².